The molecule has 0 aromatic rings. The molecule has 0 rings (SSSR count). The summed E-state index contributed by atoms with van der Waals surface area (Å²) in [6.07, 6.45) is 2.90. The first-order chi connectivity index (χ1) is 8.07. The highest BCUT2D eigenvalue weighted by Crippen LogP contribution is 2.22. The summed E-state index contributed by atoms with van der Waals surface area (Å²) in [7, 11) is 3.35. The molecule has 4 heteroatoms. The lowest BCUT2D eigenvalue weighted by atomic mass is 9.94. The average Bonchev–Trinajstić information content (AvgIpc) is 2.35. The number of rotatable bonds is 10. The van der Waals surface area contributed by atoms with E-state index in [1.165, 1.54) is 0 Å². The number of hydrogen-bond acceptors (Lipinski definition) is 4. The second-order valence-electron chi connectivity index (χ2n) is 4.79. The van der Waals surface area contributed by atoms with Crippen molar-refractivity contribution in [3.63, 3.8) is 0 Å². The Balaban J connectivity index is 4.67. The van der Waals surface area contributed by atoms with Gasteiger partial charge in [0.15, 0.2) is 6.29 Å². The Morgan fingerprint density at radius 2 is 1.59 bits per heavy atom. The summed E-state index contributed by atoms with van der Waals surface area (Å²) in [6, 6.07) is 0. The number of methoxy groups -OCH3 is 2. The third-order valence-corrected chi connectivity index (χ3v) is 3.32. The van der Waals surface area contributed by atoms with Crippen LogP contribution in [-0.2, 0) is 9.47 Å². The molecule has 0 aromatic carbocycles. The van der Waals surface area contributed by atoms with Gasteiger partial charge in [-0.15, -0.1) is 0 Å². The van der Waals surface area contributed by atoms with Crippen LogP contribution in [0, 0.1) is 0 Å². The van der Waals surface area contributed by atoms with Crippen molar-refractivity contribution in [1.82, 2.24) is 4.90 Å². The molecule has 0 bridgehead atoms. The molecule has 0 radical (unpaired) electrons. The van der Waals surface area contributed by atoms with Gasteiger partial charge < -0.3 is 15.2 Å². The minimum atomic E-state index is -0.181. The van der Waals surface area contributed by atoms with Gasteiger partial charge in [-0.05, 0) is 32.9 Å². The van der Waals surface area contributed by atoms with Crippen LogP contribution in [0.5, 0.6) is 0 Å². The normalized spacial score (nSPS) is 15.5. The van der Waals surface area contributed by atoms with Crippen LogP contribution in [0.25, 0.3) is 0 Å². The molecule has 0 saturated carbocycles. The first-order valence-electron chi connectivity index (χ1n) is 6.58. The third kappa shape index (κ3) is 5.34. The van der Waals surface area contributed by atoms with Gasteiger partial charge in [-0.1, -0.05) is 13.8 Å². The molecule has 17 heavy (non-hydrogen) atoms. The van der Waals surface area contributed by atoms with E-state index >= 15 is 0 Å². The van der Waals surface area contributed by atoms with Crippen molar-refractivity contribution in [3.8, 4) is 0 Å². The monoisotopic (exact) mass is 246 g/mol. The van der Waals surface area contributed by atoms with Crippen LogP contribution in [-0.4, -0.2) is 50.6 Å². The molecular weight excluding hydrogens is 216 g/mol. The maximum Gasteiger partial charge on any atom is 0.158 e. The zero-order valence-corrected chi connectivity index (χ0v) is 12.2. The van der Waals surface area contributed by atoms with Gasteiger partial charge in [-0.2, -0.15) is 0 Å². The summed E-state index contributed by atoms with van der Waals surface area (Å²) in [6.45, 7) is 9.36. The summed E-state index contributed by atoms with van der Waals surface area (Å²) < 4.78 is 10.6. The molecule has 1 atom stereocenters. The smallest absolute Gasteiger partial charge is 0.158 e. The molecular formula is C13H30N2O2. The van der Waals surface area contributed by atoms with Crippen molar-refractivity contribution in [2.75, 3.05) is 33.9 Å². The van der Waals surface area contributed by atoms with Crippen molar-refractivity contribution in [1.29, 1.82) is 0 Å². The van der Waals surface area contributed by atoms with Gasteiger partial charge in [0.2, 0.25) is 0 Å². The summed E-state index contributed by atoms with van der Waals surface area (Å²) in [4.78, 5) is 2.46. The van der Waals surface area contributed by atoms with Gasteiger partial charge in [0.25, 0.3) is 0 Å². The van der Waals surface area contributed by atoms with E-state index in [0.717, 1.165) is 32.4 Å². The molecule has 1 unspecified atom stereocenters. The van der Waals surface area contributed by atoms with Gasteiger partial charge in [0.1, 0.15) is 0 Å². The summed E-state index contributed by atoms with van der Waals surface area (Å²) >= 11 is 0. The van der Waals surface area contributed by atoms with Gasteiger partial charge in [-0.25, -0.2) is 0 Å². The minimum Gasteiger partial charge on any atom is -0.356 e. The molecule has 104 valence electrons. The molecule has 0 spiro atoms. The maximum atomic E-state index is 5.97. The van der Waals surface area contributed by atoms with Crippen LogP contribution in [0.1, 0.15) is 40.0 Å². The van der Waals surface area contributed by atoms with E-state index in [2.05, 4.69) is 25.7 Å². The Hall–Kier alpha value is -0.160. The summed E-state index contributed by atoms with van der Waals surface area (Å²) in [5.74, 6) is 0. The predicted octanol–water partition coefficient (Wildman–Crippen LogP) is 1.83. The zero-order valence-electron chi connectivity index (χ0n) is 12.2. The lowest BCUT2D eigenvalue weighted by molar-refractivity contribution is -0.128. The Morgan fingerprint density at radius 3 is 1.88 bits per heavy atom. The van der Waals surface area contributed by atoms with E-state index in [1.54, 1.807) is 14.2 Å². The van der Waals surface area contributed by atoms with E-state index < -0.39 is 0 Å². The van der Waals surface area contributed by atoms with Crippen molar-refractivity contribution < 1.29 is 9.47 Å². The Bertz CT molecular complexity index is 180. The fourth-order valence-corrected chi connectivity index (χ4v) is 2.15. The number of hydrogen-bond donors (Lipinski definition) is 1. The second-order valence-corrected chi connectivity index (χ2v) is 4.79. The highest BCUT2D eigenvalue weighted by molar-refractivity contribution is 4.88. The largest absolute Gasteiger partial charge is 0.356 e. The van der Waals surface area contributed by atoms with E-state index in [9.17, 15) is 0 Å². The molecule has 0 aromatic heterocycles. The molecule has 0 heterocycles. The number of ether oxygens (including phenoxy) is 2. The highest BCUT2D eigenvalue weighted by Gasteiger charge is 2.32. The average molecular weight is 246 g/mol. The van der Waals surface area contributed by atoms with Gasteiger partial charge in [-0.3, -0.25) is 4.90 Å². The minimum absolute atomic E-state index is 0.0529. The van der Waals surface area contributed by atoms with Crippen molar-refractivity contribution in [2.45, 2.75) is 51.9 Å². The highest BCUT2D eigenvalue weighted by atomic mass is 16.7. The fraction of sp³-hybridized carbons (Fsp3) is 1.00. The Labute approximate surface area is 106 Å². The predicted molar refractivity (Wildman–Crippen MR) is 72.0 cm³/mol. The molecule has 0 aliphatic carbocycles. The Kier molecular flexibility index (Phi) is 8.78. The Morgan fingerprint density at radius 1 is 1.12 bits per heavy atom. The van der Waals surface area contributed by atoms with Crippen LogP contribution in [0.4, 0.5) is 0 Å². The van der Waals surface area contributed by atoms with Gasteiger partial charge >= 0.3 is 0 Å². The fourth-order valence-electron chi connectivity index (χ4n) is 2.15. The molecule has 0 amide bonds. The zero-order chi connectivity index (χ0) is 13.3. The quantitative estimate of drug-likeness (QED) is 0.598. The van der Waals surface area contributed by atoms with E-state index in [4.69, 9.17) is 15.2 Å². The van der Waals surface area contributed by atoms with E-state index in [0.29, 0.717) is 6.54 Å². The van der Waals surface area contributed by atoms with Gasteiger partial charge in [0, 0.05) is 32.7 Å². The molecule has 2 N–H and O–H groups in total. The van der Waals surface area contributed by atoms with E-state index in [-0.39, 0.29) is 11.8 Å². The number of nitrogens with two attached hydrogens (primary N) is 1. The van der Waals surface area contributed by atoms with Crippen molar-refractivity contribution >= 4 is 0 Å². The van der Waals surface area contributed by atoms with Crippen LogP contribution in [0.3, 0.4) is 0 Å². The van der Waals surface area contributed by atoms with Gasteiger partial charge in [0.05, 0.1) is 0 Å². The standard InChI is InChI=1S/C13H30N2O2/c1-6-8-15(9-7-2)13(3,11-14)10-12(16-4)17-5/h12H,6-11,14H2,1-5H3. The lowest BCUT2D eigenvalue weighted by Crippen LogP contribution is -2.54. The topological polar surface area (TPSA) is 47.7 Å². The van der Waals surface area contributed by atoms with Crippen molar-refractivity contribution in [2.24, 2.45) is 5.73 Å². The van der Waals surface area contributed by atoms with Crippen LogP contribution < -0.4 is 5.73 Å². The molecule has 0 aliphatic heterocycles. The van der Waals surface area contributed by atoms with E-state index in [1.807, 2.05) is 0 Å². The molecule has 4 nitrogen and oxygen atoms in total. The van der Waals surface area contributed by atoms with Crippen LogP contribution in [0.15, 0.2) is 0 Å². The maximum absolute atomic E-state index is 5.97. The third-order valence-electron chi connectivity index (χ3n) is 3.32. The summed E-state index contributed by atoms with van der Waals surface area (Å²) in [5.41, 5.74) is 5.92. The lowest BCUT2D eigenvalue weighted by Gasteiger charge is -2.42. The molecule has 0 aliphatic rings. The molecule has 0 saturated heterocycles. The second kappa shape index (κ2) is 8.86. The first kappa shape index (κ1) is 16.8. The summed E-state index contributed by atoms with van der Waals surface area (Å²) in [5, 5.41) is 0. The number of nitrogens with zero attached hydrogens (tertiary/aromatic N) is 1. The van der Waals surface area contributed by atoms with Crippen molar-refractivity contribution in [3.05, 3.63) is 0 Å². The molecule has 0 fully saturated rings. The van der Waals surface area contributed by atoms with Crippen LogP contribution >= 0.6 is 0 Å². The van der Waals surface area contributed by atoms with Crippen LogP contribution in [0.2, 0.25) is 0 Å². The first-order valence-corrected chi connectivity index (χ1v) is 6.58. The SMILES string of the molecule is CCCN(CCC)C(C)(CN)CC(OC)OC.